The molecular weight excluding hydrogens is 198 g/mol. The minimum Gasteiger partial charge on any atom is -0.379 e. The molecule has 1 aliphatic carbocycles. The van der Waals surface area contributed by atoms with E-state index in [-0.39, 0.29) is 0 Å². The van der Waals surface area contributed by atoms with Crippen LogP contribution >= 0.6 is 0 Å². The molecule has 3 atom stereocenters. The number of hydrogen-bond acceptors (Lipinski definition) is 2. The van der Waals surface area contributed by atoms with Gasteiger partial charge in [-0.3, -0.25) is 5.10 Å². The second kappa shape index (κ2) is 4.48. The summed E-state index contributed by atoms with van der Waals surface area (Å²) in [5, 5.41) is 11.0. The molecule has 1 heterocycles. The molecule has 3 nitrogen and oxygen atoms in total. The quantitative estimate of drug-likeness (QED) is 0.804. The van der Waals surface area contributed by atoms with Gasteiger partial charge in [0.2, 0.25) is 0 Å². The smallest absolute Gasteiger partial charge is 0.0825 e. The van der Waals surface area contributed by atoms with Crippen molar-refractivity contribution in [2.75, 3.05) is 5.32 Å². The molecule has 0 saturated heterocycles. The summed E-state index contributed by atoms with van der Waals surface area (Å²) in [6.07, 6.45) is 4.01. The maximum atomic E-state index is 4.24. The molecule has 0 amide bonds. The molecule has 0 aliphatic heterocycles. The molecule has 0 aromatic carbocycles. The number of anilines is 1. The number of aromatic nitrogens is 2. The third-order valence-corrected chi connectivity index (χ3v) is 4.16. The van der Waals surface area contributed by atoms with Crippen molar-refractivity contribution in [1.82, 2.24) is 10.2 Å². The Kier molecular flexibility index (Phi) is 3.22. The van der Waals surface area contributed by atoms with Crippen LogP contribution in [0.3, 0.4) is 0 Å². The second-order valence-electron chi connectivity index (χ2n) is 5.33. The largest absolute Gasteiger partial charge is 0.379 e. The number of H-pyrrole nitrogens is 1. The molecule has 16 heavy (non-hydrogen) atoms. The average Bonchev–Trinajstić information content (AvgIpc) is 2.56. The third kappa shape index (κ3) is 2.08. The second-order valence-corrected chi connectivity index (χ2v) is 5.33. The van der Waals surface area contributed by atoms with E-state index in [1.165, 1.54) is 24.9 Å². The first-order valence-electron chi connectivity index (χ1n) is 6.37. The van der Waals surface area contributed by atoms with Crippen molar-refractivity contribution in [3.63, 3.8) is 0 Å². The zero-order chi connectivity index (χ0) is 11.7. The third-order valence-electron chi connectivity index (χ3n) is 4.16. The summed E-state index contributed by atoms with van der Waals surface area (Å²) in [5.74, 6) is 1.58. The van der Waals surface area contributed by atoms with Gasteiger partial charge in [0.05, 0.1) is 17.1 Å². The van der Waals surface area contributed by atoms with Crippen molar-refractivity contribution in [1.29, 1.82) is 0 Å². The Balaban J connectivity index is 2.09. The molecule has 1 aromatic rings. The highest BCUT2D eigenvalue weighted by Crippen LogP contribution is 2.32. The van der Waals surface area contributed by atoms with Crippen LogP contribution in [0.25, 0.3) is 0 Å². The van der Waals surface area contributed by atoms with E-state index < -0.39 is 0 Å². The van der Waals surface area contributed by atoms with E-state index in [9.17, 15) is 0 Å². The molecule has 2 rings (SSSR count). The van der Waals surface area contributed by atoms with E-state index in [2.05, 4.69) is 43.2 Å². The molecule has 0 radical (unpaired) electrons. The van der Waals surface area contributed by atoms with Crippen molar-refractivity contribution >= 4 is 5.69 Å². The van der Waals surface area contributed by atoms with E-state index >= 15 is 0 Å². The van der Waals surface area contributed by atoms with E-state index in [4.69, 9.17) is 0 Å². The van der Waals surface area contributed by atoms with E-state index in [1.54, 1.807) is 0 Å². The fraction of sp³-hybridized carbons (Fsp3) is 0.769. The first-order chi connectivity index (χ1) is 7.59. The molecule has 1 aliphatic rings. The van der Waals surface area contributed by atoms with Crippen LogP contribution in [-0.4, -0.2) is 16.2 Å². The van der Waals surface area contributed by atoms with Crippen LogP contribution in [-0.2, 0) is 0 Å². The van der Waals surface area contributed by atoms with Gasteiger partial charge in [-0.1, -0.05) is 26.7 Å². The zero-order valence-electron chi connectivity index (χ0n) is 10.8. The monoisotopic (exact) mass is 221 g/mol. The highest BCUT2D eigenvalue weighted by Gasteiger charge is 2.27. The number of rotatable bonds is 2. The topological polar surface area (TPSA) is 40.7 Å². The van der Waals surface area contributed by atoms with Gasteiger partial charge in [0, 0.05) is 6.04 Å². The van der Waals surface area contributed by atoms with E-state index in [1.807, 2.05) is 0 Å². The van der Waals surface area contributed by atoms with Crippen LogP contribution in [0, 0.1) is 25.7 Å². The lowest BCUT2D eigenvalue weighted by molar-refractivity contribution is 0.253. The summed E-state index contributed by atoms with van der Waals surface area (Å²) in [6.45, 7) is 8.88. The van der Waals surface area contributed by atoms with Crippen molar-refractivity contribution in [3.8, 4) is 0 Å². The summed E-state index contributed by atoms with van der Waals surface area (Å²) < 4.78 is 0. The molecule has 3 unspecified atom stereocenters. The number of hydrogen-bond donors (Lipinski definition) is 2. The molecule has 0 bridgehead atoms. The lowest BCUT2D eigenvalue weighted by Crippen LogP contribution is -2.35. The molecule has 1 fully saturated rings. The number of aromatic amines is 1. The van der Waals surface area contributed by atoms with Crippen LogP contribution in [0.2, 0.25) is 0 Å². The molecule has 3 heteroatoms. The van der Waals surface area contributed by atoms with Gasteiger partial charge in [-0.25, -0.2) is 0 Å². The minimum atomic E-state index is 0.610. The first kappa shape index (κ1) is 11.5. The lowest BCUT2D eigenvalue weighted by Gasteiger charge is -2.35. The molecular formula is C13H23N3. The molecule has 2 N–H and O–H groups in total. The highest BCUT2D eigenvalue weighted by molar-refractivity contribution is 5.52. The SMILES string of the molecule is Cc1n[nH]c(C)c1NC1CCCC(C)C1C. The van der Waals surface area contributed by atoms with Crippen molar-refractivity contribution in [2.24, 2.45) is 11.8 Å². The fourth-order valence-electron chi connectivity index (χ4n) is 2.73. The normalized spacial score (nSPS) is 30.4. The number of nitrogens with one attached hydrogen (secondary N) is 2. The average molecular weight is 221 g/mol. The Morgan fingerprint density at radius 1 is 1.25 bits per heavy atom. The van der Waals surface area contributed by atoms with Crippen LogP contribution in [0.1, 0.15) is 44.5 Å². The highest BCUT2D eigenvalue weighted by atomic mass is 15.2. The Hall–Kier alpha value is -0.990. The fourth-order valence-corrected chi connectivity index (χ4v) is 2.73. The Labute approximate surface area is 98.0 Å². The van der Waals surface area contributed by atoms with Gasteiger partial charge in [0.15, 0.2) is 0 Å². The summed E-state index contributed by atoms with van der Waals surface area (Å²) in [7, 11) is 0. The Morgan fingerprint density at radius 2 is 2.00 bits per heavy atom. The number of aryl methyl sites for hydroxylation is 2. The summed E-state index contributed by atoms with van der Waals surface area (Å²) in [6, 6.07) is 0.610. The number of nitrogens with zero attached hydrogens (tertiary/aromatic N) is 1. The van der Waals surface area contributed by atoms with Crippen molar-refractivity contribution in [3.05, 3.63) is 11.4 Å². The Morgan fingerprint density at radius 3 is 2.62 bits per heavy atom. The lowest BCUT2D eigenvalue weighted by atomic mass is 9.78. The summed E-state index contributed by atoms with van der Waals surface area (Å²) in [5.41, 5.74) is 3.46. The molecule has 0 spiro atoms. The summed E-state index contributed by atoms with van der Waals surface area (Å²) in [4.78, 5) is 0. The van der Waals surface area contributed by atoms with Gasteiger partial charge in [-0.05, 0) is 32.1 Å². The maximum absolute atomic E-state index is 4.24. The van der Waals surface area contributed by atoms with E-state index in [0.717, 1.165) is 23.2 Å². The van der Waals surface area contributed by atoms with Crippen LogP contribution in [0.5, 0.6) is 0 Å². The minimum absolute atomic E-state index is 0.610. The predicted molar refractivity (Wildman–Crippen MR) is 67.7 cm³/mol. The predicted octanol–water partition coefficient (Wildman–Crippen LogP) is 3.26. The van der Waals surface area contributed by atoms with Gasteiger partial charge in [-0.15, -0.1) is 0 Å². The van der Waals surface area contributed by atoms with Gasteiger partial charge in [0.25, 0.3) is 0 Å². The van der Waals surface area contributed by atoms with Crippen LogP contribution < -0.4 is 5.32 Å². The van der Waals surface area contributed by atoms with Crippen LogP contribution in [0.4, 0.5) is 5.69 Å². The molecule has 1 aromatic heterocycles. The van der Waals surface area contributed by atoms with E-state index in [0.29, 0.717) is 6.04 Å². The zero-order valence-corrected chi connectivity index (χ0v) is 10.8. The Bertz CT molecular complexity index is 337. The van der Waals surface area contributed by atoms with Gasteiger partial charge in [0.1, 0.15) is 0 Å². The van der Waals surface area contributed by atoms with Crippen molar-refractivity contribution in [2.45, 2.75) is 53.0 Å². The van der Waals surface area contributed by atoms with Crippen LogP contribution in [0.15, 0.2) is 0 Å². The molecule has 1 saturated carbocycles. The summed E-state index contributed by atoms with van der Waals surface area (Å²) >= 11 is 0. The van der Waals surface area contributed by atoms with Crippen molar-refractivity contribution < 1.29 is 0 Å². The molecule has 90 valence electrons. The maximum Gasteiger partial charge on any atom is 0.0825 e. The standard InChI is InChI=1S/C13H23N3/c1-8-6-5-7-12(9(8)2)14-13-10(3)15-16-11(13)4/h8-9,12,14H,5-7H2,1-4H3,(H,15,16). The first-order valence-corrected chi connectivity index (χ1v) is 6.37. The van der Waals surface area contributed by atoms with Gasteiger partial charge >= 0.3 is 0 Å². The van der Waals surface area contributed by atoms with Gasteiger partial charge < -0.3 is 5.32 Å². The van der Waals surface area contributed by atoms with Gasteiger partial charge in [-0.2, -0.15) is 5.10 Å².